The molecule has 0 spiro atoms. The maximum Gasteiger partial charge on any atom is 0.261 e. The number of alkyl halides is 2. The van der Waals surface area contributed by atoms with Crippen molar-refractivity contribution in [3.8, 4) is 0 Å². The van der Waals surface area contributed by atoms with Gasteiger partial charge in [0.25, 0.3) is 5.92 Å². The van der Waals surface area contributed by atoms with Crippen molar-refractivity contribution >= 4 is 0 Å². The molecule has 1 aliphatic heterocycles. The number of hydrogen-bond acceptors (Lipinski definition) is 1. The van der Waals surface area contributed by atoms with Crippen LogP contribution in [0.3, 0.4) is 0 Å². The molecule has 94 valence electrons. The molecule has 2 rings (SSSR count). The molecule has 1 saturated carbocycles. The fraction of sp³-hybridized carbons (Fsp3) is 1.00. The zero-order chi connectivity index (χ0) is 12.0. The summed E-state index contributed by atoms with van der Waals surface area (Å²) in [4.78, 5) is 1.97. The van der Waals surface area contributed by atoms with Crippen LogP contribution in [0, 0.1) is 10.8 Å². The monoisotopic (exact) mass is 231 g/mol. The van der Waals surface area contributed by atoms with E-state index in [0.29, 0.717) is 17.4 Å². The second-order valence-electron chi connectivity index (χ2n) is 7.05. The van der Waals surface area contributed by atoms with Crippen LogP contribution in [-0.2, 0) is 0 Å². The predicted molar refractivity (Wildman–Crippen MR) is 61.7 cm³/mol. The molecule has 0 bridgehead atoms. The van der Waals surface area contributed by atoms with Gasteiger partial charge in [-0.15, -0.1) is 0 Å². The molecule has 1 heterocycles. The Morgan fingerprint density at radius 3 is 2.12 bits per heavy atom. The molecule has 0 radical (unpaired) electrons. The molecule has 3 heteroatoms. The lowest BCUT2D eigenvalue weighted by molar-refractivity contribution is 0.00969. The number of nitrogens with zero attached hydrogens (tertiary/aromatic N) is 1. The summed E-state index contributed by atoms with van der Waals surface area (Å²) in [5, 5.41) is 0. The lowest BCUT2D eigenvalue weighted by atomic mass is 9.82. The van der Waals surface area contributed by atoms with Gasteiger partial charge in [0, 0.05) is 19.5 Å². The third kappa shape index (κ3) is 3.16. The largest absolute Gasteiger partial charge is 0.297 e. The summed E-state index contributed by atoms with van der Waals surface area (Å²) >= 11 is 0. The Labute approximate surface area is 97.2 Å². The molecular formula is C13H23F2N. The summed E-state index contributed by atoms with van der Waals surface area (Å²) in [6, 6.07) is 0. The highest BCUT2D eigenvalue weighted by Gasteiger charge is 2.48. The molecule has 0 aromatic rings. The second kappa shape index (κ2) is 3.66. The standard InChI is InChI=1S/C13H23F2N/c1-11(2,3)8-12(4-5-12)9-16-7-6-13(14,15)10-16/h4-10H2,1-3H3. The van der Waals surface area contributed by atoms with E-state index in [1.165, 1.54) is 19.3 Å². The minimum absolute atomic E-state index is 0.0150. The minimum Gasteiger partial charge on any atom is -0.297 e. The van der Waals surface area contributed by atoms with E-state index in [9.17, 15) is 8.78 Å². The van der Waals surface area contributed by atoms with Gasteiger partial charge in [0.1, 0.15) is 0 Å². The molecular weight excluding hydrogens is 208 g/mol. The lowest BCUT2D eigenvalue weighted by Gasteiger charge is -2.29. The summed E-state index contributed by atoms with van der Waals surface area (Å²) in [5.41, 5.74) is 0.678. The van der Waals surface area contributed by atoms with E-state index < -0.39 is 5.92 Å². The Morgan fingerprint density at radius 1 is 1.12 bits per heavy atom. The summed E-state index contributed by atoms with van der Waals surface area (Å²) in [6.45, 7) is 8.18. The second-order valence-corrected chi connectivity index (χ2v) is 7.05. The zero-order valence-electron chi connectivity index (χ0n) is 10.7. The van der Waals surface area contributed by atoms with Crippen LogP contribution >= 0.6 is 0 Å². The Balaban J connectivity index is 1.86. The molecule has 0 aromatic heterocycles. The fourth-order valence-electron chi connectivity index (χ4n) is 3.11. The van der Waals surface area contributed by atoms with E-state index in [0.717, 1.165) is 6.54 Å². The predicted octanol–water partition coefficient (Wildman–Crippen LogP) is 3.54. The number of rotatable bonds is 3. The Bertz CT molecular complexity index is 264. The van der Waals surface area contributed by atoms with E-state index in [1.807, 2.05) is 4.90 Å². The van der Waals surface area contributed by atoms with E-state index in [-0.39, 0.29) is 13.0 Å². The van der Waals surface area contributed by atoms with Crippen molar-refractivity contribution in [2.45, 2.75) is 52.4 Å². The summed E-state index contributed by atoms with van der Waals surface area (Å²) in [5.74, 6) is -2.43. The van der Waals surface area contributed by atoms with Gasteiger partial charge in [-0.1, -0.05) is 20.8 Å². The highest BCUT2D eigenvalue weighted by Crippen LogP contribution is 2.54. The molecule has 0 atom stereocenters. The molecule has 2 aliphatic rings. The lowest BCUT2D eigenvalue weighted by Crippen LogP contribution is -2.32. The van der Waals surface area contributed by atoms with E-state index in [2.05, 4.69) is 20.8 Å². The number of hydrogen-bond donors (Lipinski definition) is 0. The van der Waals surface area contributed by atoms with Gasteiger partial charge in [0.05, 0.1) is 6.54 Å². The Kier molecular flexibility index (Phi) is 2.81. The number of likely N-dealkylation sites (tertiary alicyclic amines) is 1. The van der Waals surface area contributed by atoms with Crippen LogP contribution in [0.2, 0.25) is 0 Å². The Morgan fingerprint density at radius 2 is 1.75 bits per heavy atom. The first kappa shape index (κ1) is 12.3. The molecule has 0 amide bonds. The SMILES string of the molecule is CC(C)(C)CC1(CN2CCC(F)(F)C2)CC1. The van der Waals surface area contributed by atoms with Gasteiger partial charge in [-0.2, -0.15) is 0 Å². The van der Waals surface area contributed by atoms with Crippen molar-refractivity contribution in [3.63, 3.8) is 0 Å². The molecule has 1 aliphatic carbocycles. The van der Waals surface area contributed by atoms with E-state index >= 15 is 0 Å². The van der Waals surface area contributed by atoms with Crippen molar-refractivity contribution in [1.82, 2.24) is 4.90 Å². The molecule has 16 heavy (non-hydrogen) atoms. The first-order valence-electron chi connectivity index (χ1n) is 6.30. The summed E-state index contributed by atoms with van der Waals surface area (Å²) in [7, 11) is 0. The molecule has 0 N–H and O–H groups in total. The Hall–Kier alpha value is -0.180. The van der Waals surface area contributed by atoms with Crippen LogP contribution in [0.4, 0.5) is 8.78 Å². The average Bonchev–Trinajstić information content (AvgIpc) is 2.68. The average molecular weight is 231 g/mol. The fourth-order valence-corrected chi connectivity index (χ4v) is 3.11. The van der Waals surface area contributed by atoms with Crippen LogP contribution in [0.15, 0.2) is 0 Å². The van der Waals surface area contributed by atoms with Crippen molar-refractivity contribution in [2.24, 2.45) is 10.8 Å². The van der Waals surface area contributed by atoms with Crippen molar-refractivity contribution in [3.05, 3.63) is 0 Å². The van der Waals surface area contributed by atoms with Gasteiger partial charge in [0.15, 0.2) is 0 Å². The third-order valence-corrected chi connectivity index (χ3v) is 3.67. The van der Waals surface area contributed by atoms with Gasteiger partial charge in [-0.25, -0.2) is 8.78 Å². The van der Waals surface area contributed by atoms with Gasteiger partial charge in [-0.05, 0) is 30.1 Å². The minimum atomic E-state index is -2.43. The highest BCUT2D eigenvalue weighted by molar-refractivity contribution is 4.99. The zero-order valence-corrected chi connectivity index (χ0v) is 10.7. The van der Waals surface area contributed by atoms with Gasteiger partial charge in [0.2, 0.25) is 0 Å². The van der Waals surface area contributed by atoms with Gasteiger partial charge >= 0.3 is 0 Å². The van der Waals surface area contributed by atoms with Gasteiger partial charge in [-0.3, -0.25) is 4.90 Å². The highest BCUT2D eigenvalue weighted by atomic mass is 19.3. The van der Waals surface area contributed by atoms with Crippen LogP contribution in [0.25, 0.3) is 0 Å². The molecule has 1 saturated heterocycles. The molecule has 0 unspecified atom stereocenters. The van der Waals surface area contributed by atoms with Crippen molar-refractivity contribution < 1.29 is 8.78 Å². The van der Waals surface area contributed by atoms with Crippen molar-refractivity contribution in [1.29, 1.82) is 0 Å². The molecule has 1 nitrogen and oxygen atoms in total. The van der Waals surface area contributed by atoms with E-state index in [1.54, 1.807) is 0 Å². The summed E-state index contributed by atoms with van der Waals surface area (Å²) in [6.07, 6.45) is 3.68. The quantitative estimate of drug-likeness (QED) is 0.718. The van der Waals surface area contributed by atoms with Crippen LogP contribution < -0.4 is 0 Å². The molecule has 0 aromatic carbocycles. The van der Waals surface area contributed by atoms with Crippen LogP contribution in [-0.4, -0.2) is 30.5 Å². The van der Waals surface area contributed by atoms with Crippen LogP contribution in [0.5, 0.6) is 0 Å². The smallest absolute Gasteiger partial charge is 0.261 e. The third-order valence-electron chi connectivity index (χ3n) is 3.67. The first-order valence-corrected chi connectivity index (χ1v) is 6.30. The first-order chi connectivity index (χ1) is 7.20. The van der Waals surface area contributed by atoms with E-state index in [4.69, 9.17) is 0 Å². The van der Waals surface area contributed by atoms with Gasteiger partial charge < -0.3 is 0 Å². The van der Waals surface area contributed by atoms with Crippen molar-refractivity contribution in [2.75, 3.05) is 19.6 Å². The maximum absolute atomic E-state index is 13.1. The topological polar surface area (TPSA) is 3.24 Å². The number of halogens is 2. The summed E-state index contributed by atoms with van der Waals surface area (Å²) < 4.78 is 26.2. The van der Waals surface area contributed by atoms with Crippen LogP contribution in [0.1, 0.15) is 46.5 Å². The maximum atomic E-state index is 13.1. The normalized spacial score (nSPS) is 28.3. The molecule has 2 fully saturated rings.